The Labute approximate surface area is 212 Å². The first-order chi connectivity index (χ1) is 17.7. The molecule has 204 valence electrons. The fraction of sp³-hybridized carbons (Fsp3) is 0.348. The molecule has 2 fully saturated rings. The van der Waals surface area contributed by atoms with Crippen molar-refractivity contribution in [3.63, 3.8) is 0 Å². The molecule has 0 aliphatic carbocycles. The summed E-state index contributed by atoms with van der Waals surface area (Å²) in [6.07, 6.45) is 0. The molecule has 38 heavy (non-hydrogen) atoms. The minimum atomic E-state index is -4.28. The van der Waals surface area contributed by atoms with Crippen LogP contribution in [0.15, 0.2) is 30.3 Å². The van der Waals surface area contributed by atoms with Gasteiger partial charge in [-0.05, 0) is 19.4 Å². The van der Waals surface area contributed by atoms with Crippen molar-refractivity contribution in [1.29, 1.82) is 0 Å². The maximum Gasteiger partial charge on any atom is 0.330 e. The van der Waals surface area contributed by atoms with Crippen LogP contribution in [0.5, 0.6) is 5.75 Å². The molecule has 2 amide bonds. The molecule has 0 saturated carbocycles. The fourth-order valence-corrected chi connectivity index (χ4v) is 6.50. The molecule has 0 unspecified atom stereocenters. The fourth-order valence-electron chi connectivity index (χ4n) is 4.29. The lowest BCUT2D eigenvalue weighted by Gasteiger charge is -2.42. The van der Waals surface area contributed by atoms with Gasteiger partial charge in [-0.3, -0.25) is 9.59 Å². The summed E-state index contributed by atoms with van der Waals surface area (Å²) in [6, 6.07) is 5.24. The molecule has 2 saturated heterocycles. The maximum absolute atomic E-state index is 13.7. The number of halogens is 5. The number of β-lactam (4-membered cyclic amide) rings is 1. The topological polar surface area (TPSA) is 119 Å². The van der Waals surface area contributed by atoms with Crippen molar-refractivity contribution < 1.29 is 54.2 Å². The molecular weight excluding hydrogens is 543 g/mol. The van der Waals surface area contributed by atoms with Crippen LogP contribution in [0.4, 0.5) is 22.0 Å². The van der Waals surface area contributed by atoms with Gasteiger partial charge in [0.25, 0.3) is 5.91 Å². The monoisotopic (exact) mass is 562 g/mol. The summed E-state index contributed by atoms with van der Waals surface area (Å²) < 4.78 is 101. The smallest absolute Gasteiger partial charge is 0.330 e. The van der Waals surface area contributed by atoms with E-state index >= 15 is 0 Å². The lowest BCUT2D eigenvalue weighted by atomic mass is 9.96. The van der Waals surface area contributed by atoms with Gasteiger partial charge in [0.05, 0.1) is 0 Å². The van der Waals surface area contributed by atoms with E-state index in [0.29, 0.717) is 5.56 Å². The third kappa shape index (κ3) is 4.14. The van der Waals surface area contributed by atoms with Crippen LogP contribution in [0.1, 0.15) is 19.4 Å². The number of nitrogens with one attached hydrogen (secondary N) is 1. The second-order valence-corrected chi connectivity index (χ2v) is 11.6. The first kappa shape index (κ1) is 27.3. The van der Waals surface area contributed by atoms with Gasteiger partial charge in [0.15, 0.2) is 27.6 Å². The molecule has 0 bridgehead atoms. The Morgan fingerprint density at radius 3 is 2.11 bits per heavy atom. The Morgan fingerprint density at radius 2 is 1.53 bits per heavy atom. The molecule has 0 radical (unpaired) electrons. The van der Waals surface area contributed by atoms with Gasteiger partial charge in [0.1, 0.15) is 23.4 Å². The van der Waals surface area contributed by atoms with Crippen LogP contribution < -0.4 is 10.1 Å². The summed E-state index contributed by atoms with van der Waals surface area (Å²) in [5.74, 6) is -16.6. The summed E-state index contributed by atoms with van der Waals surface area (Å²) in [5, 5.41) is 0.336. The number of carbonyl (C=O) groups is 3. The molecule has 15 heteroatoms. The van der Waals surface area contributed by atoms with Crippen LogP contribution >= 0.6 is 0 Å². The third-order valence-corrected chi connectivity index (χ3v) is 9.17. The van der Waals surface area contributed by atoms with Crippen molar-refractivity contribution in [3.8, 4) is 5.75 Å². The van der Waals surface area contributed by atoms with E-state index in [1.807, 2.05) is 5.32 Å². The van der Waals surface area contributed by atoms with E-state index in [4.69, 9.17) is 4.74 Å². The van der Waals surface area contributed by atoms with Crippen molar-refractivity contribution in [2.75, 3.05) is 6.61 Å². The van der Waals surface area contributed by atoms with Crippen molar-refractivity contribution >= 4 is 27.6 Å². The van der Waals surface area contributed by atoms with E-state index in [2.05, 4.69) is 4.74 Å². The Kier molecular flexibility index (Phi) is 6.84. The number of amides is 2. The maximum atomic E-state index is 13.7. The van der Waals surface area contributed by atoms with E-state index in [0.717, 1.165) is 4.90 Å². The number of hydrogen-bond donors (Lipinski definition) is 1. The van der Waals surface area contributed by atoms with E-state index in [-0.39, 0.29) is 6.61 Å². The highest BCUT2D eigenvalue weighted by Crippen LogP contribution is 2.46. The summed E-state index contributed by atoms with van der Waals surface area (Å²) in [5.41, 5.74) is 0.616. The number of rotatable bonds is 7. The van der Waals surface area contributed by atoms with Crippen LogP contribution in [-0.4, -0.2) is 59.9 Å². The molecule has 2 aliphatic rings. The summed E-state index contributed by atoms with van der Waals surface area (Å²) in [6.45, 7) is 0.927. The highest BCUT2D eigenvalue weighted by atomic mass is 32.2. The second kappa shape index (κ2) is 9.53. The van der Waals surface area contributed by atoms with Crippen LogP contribution in [0.25, 0.3) is 0 Å². The number of carbonyl (C=O) groups excluding carboxylic acids is 3. The molecule has 2 heterocycles. The molecule has 0 spiro atoms. The number of hydrogen-bond acceptors (Lipinski definition) is 7. The SMILES string of the molecule is CC1(C)[C@H](C(=O)OCc2ccccc2)N2C(=O)[C@@H](NC(=O)COc3c(F)c(F)c(F)c(F)c3F)[C@H]2S1(=O)=O. The van der Waals surface area contributed by atoms with Gasteiger partial charge in [0, 0.05) is 0 Å². The lowest BCUT2D eigenvalue weighted by molar-refractivity contribution is -0.165. The Balaban J connectivity index is 1.47. The minimum absolute atomic E-state index is 0.186. The summed E-state index contributed by atoms with van der Waals surface area (Å²) in [7, 11) is -4.28. The van der Waals surface area contributed by atoms with Gasteiger partial charge in [0.2, 0.25) is 35.0 Å². The van der Waals surface area contributed by atoms with Crippen molar-refractivity contribution in [1.82, 2.24) is 10.2 Å². The molecule has 2 aromatic rings. The van der Waals surface area contributed by atoms with Gasteiger partial charge in [-0.25, -0.2) is 26.4 Å². The molecule has 4 rings (SSSR count). The lowest BCUT2D eigenvalue weighted by Crippen LogP contribution is -2.72. The van der Waals surface area contributed by atoms with Gasteiger partial charge in [-0.2, -0.15) is 8.78 Å². The molecule has 0 aromatic heterocycles. The average molecular weight is 562 g/mol. The number of ether oxygens (including phenoxy) is 2. The Bertz CT molecular complexity index is 1410. The van der Waals surface area contributed by atoms with E-state index in [9.17, 15) is 44.8 Å². The zero-order valence-electron chi connectivity index (χ0n) is 19.6. The van der Waals surface area contributed by atoms with Crippen LogP contribution in [0, 0.1) is 29.1 Å². The zero-order chi connectivity index (χ0) is 28.2. The molecule has 2 aliphatic heterocycles. The predicted molar refractivity (Wildman–Crippen MR) is 117 cm³/mol. The molecule has 2 aromatic carbocycles. The summed E-state index contributed by atoms with van der Waals surface area (Å²) in [4.78, 5) is 38.7. The first-order valence-corrected chi connectivity index (χ1v) is 12.5. The van der Waals surface area contributed by atoms with Crippen LogP contribution in [0.3, 0.4) is 0 Å². The molecule has 9 nitrogen and oxygen atoms in total. The van der Waals surface area contributed by atoms with E-state index in [1.54, 1.807) is 30.3 Å². The second-order valence-electron chi connectivity index (χ2n) is 9.01. The van der Waals surface area contributed by atoms with E-state index in [1.165, 1.54) is 13.8 Å². The van der Waals surface area contributed by atoms with E-state index < -0.39 is 91.3 Å². The Morgan fingerprint density at radius 1 is 0.974 bits per heavy atom. The number of esters is 1. The van der Waals surface area contributed by atoms with Gasteiger partial charge >= 0.3 is 5.97 Å². The highest BCUT2D eigenvalue weighted by Gasteiger charge is 2.72. The Hall–Kier alpha value is -3.75. The van der Waals surface area contributed by atoms with Crippen molar-refractivity contribution in [2.45, 2.75) is 42.7 Å². The van der Waals surface area contributed by atoms with Crippen molar-refractivity contribution in [2.24, 2.45) is 0 Å². The van der Waals surface area contributed by atoms with Crippen LogP contribution in [0.2, 0.25) is 0 Å². The van der Waals surface area contributed by atoms with Gasteiger partial charge in [-0.1, -0.05) is 30.3 Å². The normalized spacial score (nSPS) is 22.9. The van der Waals surface area contributed by atoms with Crippen LogP contribution in [-0.2, 0) is 35.6 Å². The van der Waals surface area contributed by atoms with Gasteiger partial charge < -0.3 is 19.7 Å². The first-order valence-electron chi connectivity index (χ1n) is 10.9. The minimum Gasteiger partial charge on any atom is -0.477 e. The largest absolute Gasteiger partial charge is 0.477 e. The van der Waals surface area contributed by atoms with Crippen molar-refractivity contribution in [3.05, 3.63) is 65.0 Å². The number of sulfone groups is 1. The highest BCUT2D eigenvalue weighted by molar-refractivity contribution is 7.94. The molecule has 3 atom stereocenters. The number of benzene rings is 2. The quantitative estimate of drug-likeness (QED) is 0.180. The number of nitrogens with zero attached hydrogens (tertiary/aromatic N) is 1. The third-order valence-electron chi connectivity index (χ3n) is 6.35. The zero-order valence-corrected chi connectivity index (χ0v) is 20.5. The van der Waals surface area contributed by atoms with Gasteiger partial charge in [-0.15, -0.1) is 0 Å². The average Bonchev–Trinajstić information content (AvgIpc) is 3.03. The predicted octanol–water partition coefficient (Wildman–Crippen LogP) is 1.73. The standard InChI is InChI=1S/C23H19F5N2O7S/c1-23(2)19(22(33)37-8-10-6-4-3-5-7-10)30-20(32)17(21(30)38(23,34)35)29-11(31)9-36-18-15(27)13(25)12(24)14(26)16(18)28/h3-7,17,19,21H,8-9H2,1-2H3,(H,29,31)/t17-,19+,21-/m1/s1. The molecule has 1 N–H and O–H groups in total. The molecular formula is C23H19F5N2O7S. The summed E-state index contributed by atoms with van der Waals surface area (Å²) >= 11 is 0. The number of fused-ring (bicyclic) bond motifs is 1.